The smallest absolute Gasteiger partial charge is 0.200 e. The average molecular weight is 935 g/mol. The van der Waals surface area contributed by atoms with E-state index in [0.717, 1.165) is 38.5 Å². The summed E-state index contributed by atoms with van der Waals surface area (Å²) in [6.07, 6.45) is 7.02. The van der Waals surface area contributed by atoms with E-state index in [1.807, 2.05) is 0 Å². The van der Waals surface area contributed by atoms with E-state index in [2.05, 4.69) is 13.8 Å². The molecule has 0 aliphatic heterocycles. The van der Waals surface area contributed by atoms with Crippen molar-refractivity contribution in [1.82, 2.24) is 0 Å². The lowest BCUT2D eigenvalue weighted by atomic mass is 9.83. The van der Waals surface area contributed by atoms with Crippen molar-refractivity contribution in [3.63, 3.8) is 0 Å². The van der Waals surface area contributed by atoms with Gasteiger partial charge in [-0.3, -0.25) is 0 Å². The van der Waals surface area contributed by atoms with Crippen molar-refractivity contribution < 1.29 is 53.4 Å². The maximum absolute atomic E-state index is 16.2. The predicted molar refractivity (Wildman–Crippen MR) is 250 cm³/mol. The molecule has 0 aromatic heterocycles. The van der Waals surface area contributed by atoms with E-state index in [9.17, 15) is 8.78 Å². The minimum atomic E-state index is -2.32. The number of rotatable bonds is 14. The molecule has 0 unspecified atom stereocenters. The monoisotopic (exact) mass is 934 g/mol. The van der Waals surface area contributed by atoms with Crippen molar-refractivity contribution >= 4 is 75.4 Å². The fourth-order valence-corrected chi connectivity index (χ4v) is 9.99. The van der Waals surface area contributed by atoms with Crippen molar-refractivity contribution in [2.24, 2.45) is 0 Å². The van der Waals surface area contributed by atoms with Gasteiger partial charge in [0.25, 0.3) is 0 Å². The molecule has 0 aliphatic rings. The molecule has 0 amide bonds. The van der Waals surface area contributed by atoms with Gasteiger partial charge in [0.05, 0.1) is 24.3 Å². The van der Waals surface area contributed by atoms with E-state index in [1.165, 1.54) is 12.1 Å². The Morgan fingerprint density at radius 3 is 1.03 bits per heavy atom. The Kier molecular flexibility index (Phi) is 11.7. The highest BCUT2D eigenvalue weighted by Crippen LogP contribution is 2.52. The van der Waals surface area contributed by atoms with Crippen molar-refractivity contribution in [2.45, 2.75) is 65.2 Å². The second-order valence-corrected chi connectivity index (χ2v) is 17.3. The van der Waals surface area contributed by atoms with E-state index in [-0.39, 0.29) is 43.4 Å². The SMILES string of the molecule is CCCCCCOc1ccc2cccc3c(-c4c(F)c(F)c(F)c(F)c4F)c4cc5cc6c(cc5cc4c1c23)c(-c1c(F)c(F)c(F)c(F)c1F)c1cccc2ccc(OCCCCCC)c6c21. The molecule has 0 heterocycles. The Labute approximate surface area is 383 Å². The molecule has 0 saturated heterocycles. The quantitative estimate of drug-likeness (QED) is 0.0270. The molecule has 346 valence electrons. The highest BCUT2D eigenvalue weighted by molar-refractivity contribution is 6.34. The van der Waals surface area contributed by atoms with Crippen molar-refractivity contribution in [2.75, 3.05) is 13.2 Å². The Hall–Kier alpha value is -6.82. The second-order valence-electron chi connectivity index (χ2n) is 17.3. The van der Waals surface area contributed by atoms with Gasteiger partial charge in [0, 0.05) is 32.7 Å². The van der Waals surface area contributed by atoms with Crippen LogP contribution >= 0.6 is 0 Å². The van der Waals surface area contributed by atoms with Crippen LogP contribution in [0.2, 0.25) is 0 Å². The third-order valence-electron chi connectivity index (χ3n) is 13.2. The minimum absolute atomic E-state index is 0.0773. The number of hydrogen-bond acceptors (Lipinski definition) is 2. The zero-order chi connectivity index (χ0) is 47.7. The lowest BCUT2D eigenvalue weighted by Gasteiger charge is -2.22. The third-order valence-corrected chi connectivity index (χ3v) is 13.2. The lowest BCUT2D eigenvalue weighted by Crippen LogP contribution is -2.05. The summed E-state index contributed by atoms with van der Waals surface area (Å²) in [5, 5.41) is 4.50. The van der Waals surface area contributed by atoms with Crippen LogP contribution in [0.25, 0.3) is 97.7 Å². The van der Waals surface area contributed by atoms with Gasteiger partial charge in [-0.15, -0.1) is 0 Å². The van der Waals surface area contributed by atoms with Crippen LogP contribution in [0.1, 0.15) is 65.2 Å². The van der Waals surface area contributed by atoms with E-state index >= 15 is 35.1 Å². The number of halogens is 10. The van der Waals surface area contributed by atoms with E-state index in [4.69, 9.17) is 9.47 Å². The van der Waals surface area contributed by atoms with Gasteiger partial charge in [-0.2, -0.15) is 0 Å². The molecule has 0 radical (unpaired) electrons. The Morgan fingerprint density at radius 1 is 0.309 bits per heavy atom. The normalized spacial score (nSPS) is 12.1. The molecule has 12 heteroatoms. The van der Waals surface area contributed by atoms with Crippen LogP contribution in [0.15, 0.2) is 84.9 Å². The molecule has 10 aromatic carbocycles. The third kappa shape index (κ3) is 7.00. The summed E-state index contributed by atoms with van der Waals surface area (Å²) >= 11 is 0. The molecule has 0 atom stereocenters. The number of hydrogen-bond donors (Lipinski definition) is 0. The highest BCUT2D eigenvalue weighted by Gasteiger charge is 2.32. The summed E-state index contributed by atoms with van der Waals surface area (Å²) in [6.45, 7) is 4.72. The zero-order valence-corrected chi connectivity index (χ0v) is 36.8. The predicted octanol–water partition coefficient (Wildman–Crippen LogP) is 17.8. The van der Waals surface area contributed by atoms with Gasteiger partial charge >= 0.3 is 0 Å². The number of benzene rings is 10. The molecule has 68 heavy (non-hydrogen) atoms. The van der Waals surface area contributed by atoms with Gasteiger partial charge in [0.15, 0.2) is 46.5 Å². The maximum atomic E-state index is 16.2. The van der Waals surface area contributed by atoms with Gasteiger partial charge < -0.3 is 9.47 Å². The molecular weight excluding hydrogens is 895 g/mol. The van der Waals surface area contributed by atoms with Crippen LogP contribution in [0.5, 0.6) is 11.5 Å². The summed E-state index contributed by atoms with van der Waals surface area (Å²) in [4.78, 5) is 0. The minimum Gasteiger partial charge on any atom is -0.493 e. The average Bonchev–Trinajstić information content (AvgIpc) is 3.35. The zero-order valence-electron chi connectivity index (χ0n) is 36.8. The first kappa shape index (κ1) is 45.0. The first-order valence-corrected chi connectivity index (χ1v) is 22.7. The highest BCUT2D eigenvalue weighted by atomic mass is 19.2. The van der Waals surface area contributed by atoms with Crippen LogP contribution in [0.3, 0.4) is 0 Å². The van der Waals surface area contributed by atoms with Crippen molar-refractivity contribution in [1.29, 1.82) is 0 Å². The fraction of sp³-hybridized carbons (Fsp3) is 0.214. The van der Waals surface area contributed by atoms with Crippen LogP contribution in [-0.4, -0.2) is 13.2 Å². The van der Waals surface area contributed by atoms with Gasteiger partial charge in [-0.1, -0.05) is 101 Å². The van der Waals surface area contributed by atoms with Gasteiger partial charge in [-0.05, 0) is 103 Å². The number of ether oxygens (including phenoxy) is 2. The molecular formula is C56H40F10O2. The van der Waals surface area contributed by atoms with E-state index in [0.29, 0.717) is 80.6 Å². The van der Waals surface area contributed by atoms with E-state index < -0.39 is 69.3 Å². The summed E-state index contributed by atoms with van der Waals surface area (Å²) in [5.74, 6) is -20.6. The standard InChI is InChI=1S/C56H40F10O2/c1-3-5-7-9-21-67-37-19-17-27-13-11-15-31-39(27)43(37)35-25-29-24-34-36(26-30(29)23-33(35)41(31)45-47(57)51(61)55(65)52(62)48(45)58)44-38(68-22-10-8-6-4-2)20-18-28-14-12-16-32(40(28)44)42(34)46-49(59)53(63)56(66)54(64)50(46)60/h11-20,23-26H,3-10,21-22H2,1-2H3. The molecule has 0 N–H and O–H groups in total. The molecule has 0 spiro atoms. The molecule has 0 aliphatic carbocycles. The largest absolute Gasteiger partial charge is 0.493 e. The Morgan fingerprint density at radius 2 is 0.662 bits per heavy atom. The number of unbranched alkanes of at least 4 members (excludes halogenated alkanes) is 6. The van der Waals surface area contributed by atoms with Gasteiger partial charge in [0.1, 0.15) is 11.5 Å². The fourth-order valence-electron chi connectivity index (χ4n) is 9.99. The summed E-state index contributed by atoms with van der Waals surface area (Å²) in [5.41, 5.74) is -2.88. The van der Waals surface area contributed by atoms with Crippen LogP contribution in [-0.2, 0) is 0 Å². The second kappa shape index (κ2) is 17.7. The molecule has 10 rings (SSSR count). The topological polar surface area (TPSA) is 18.5 Å². The first-order valence-electron chi connectivity index (χ1n) is 22.7. The molecule has 2 nitrogen and oxygen atoms in total. The van der Waals surface area contributed by atoms with Gasteiger partial charge in [0.2, 0.25) is 11.6 Å². The lowest BCUT2D eigenvalue weighted by molar-refractivity contribution is 0.308. The molecule has 0 saturated carbocycles. The van der Waals surface area contributed by atoms with Gasteiger partial charge in [-0.25, -0.2) is 43.9 Å². The Balaban J connectivity index is 1.39. The van der Waals surface area contributed by atoms with Crippen molar-refractivity contribution in [3.05, 3.63) is 143 Å². The molecule has 0 bridgehead atoms. The van der Waals surface area contributed by atoms with E-state index in [1.54, 1.807) is 72.8 Å². The summed E-state index contributed by atoms with van der Waals surface area (Å²) in [6, 6.07) is 23.0. The molecule has 10 aromatic rings. The van der Waals surface area contributed by atoms with Crippen LogP contribution in [0.4, 0.5) is 43.9 Å². The number of fused-ring (bicyclic) bond motifs is 5. The molecule has 0 fully saturated rings. The van der Waals surface area contributed by atoms with Crippen molar-refractivity contribution in [3.8, 4) is 33.8 Å². The van der Waals surface area contributed by atoms with Crippen LogP contribution < -0.4 is 9.47 Å². The first-order chi connectivity index (χ1) is 32.9. The van der Waals surface area contributed by atoms with Crippen LogP contribution in [0, 0.1) is 58.2 Å². The maximum Gasteiger partial charge on any atom is 0.200 e. The summed E-state index contributed by atoms with van der Waals surface area (Å²) in [7, 11) is 0. The Bertz CT molecular complexity index is 3380. The summed E-state index contributed by atoms with van der Waals surface area (Å²) < 4.78 is 168.